The molecule has 0 aromatic carbocycles. The van der Waals surface area contributed by atoms with E-state index in [2.05, 4.69) is 63.2 Å². The Labute approximate surface area is 124 Å². The summed E-state index contributed by atoms with van der Waals surface area (Å²) in [4.78, 5) is 3.10. The summed E-state index contributed by atoms with van der Waals surface area (Å²) in [6.07, 6.45) is 16.8. The van der Waals surface area contributed by atoms with Crippen LogP contribution in [-0.2, 0) is 6.42 Å². The molecule has 1 heteroatoms. The molecule has 0 aliphatic heterocycles. The van der Waals surface area contributed by atoms with Crippen molar-refractivity contribution in [2.24, 2.45) is 0 Å². The summed E-state index contributed by atoms with van der Waals surface area (Å²) in [6.45, 7) is 8.81. The highest BCUT2D eigenvalue weighted by Crippen LogP contribution is 2.12. The van der Waals surface area contributed by atoms with Crippen LogP contribution in [0.1, 0.15) is 58.9 Å². The first-order valence-electron chi connectivity index (χ1n) is 7.64. The van der Waals surface area contributed by atoms with Crippen LogP contribution in [0.3, 0.4) is 0 Å². The Morgan fingerprint density at radius 3 is 2.20 bits per heavy atom. The Balaban J connectivity index is 2.24. The number of aromatic nitrogens is 1. The van der Waals surface area contributed by atoms with Crippen LogP contribution in [0.4, 0.5) is 0 Å². The van der Waals surface area contributed by atoms with Crippen LogP contribution in [0.15, 0.2) is 53.4 Å². The van der Waals surface area contributed by atoms with Crippen LogP contribution >= 0.6 is 0 Å². The van der Waals surface area contributed by atoms with Crippen LogP contribution in [0, 0.1) is 0 Å². The predicted octanol–water partition coefficient (Wildman–Crippen LogP) is 5.98. The number of nitrogens with one attached hydrogen (secondary N) is 1. The van der Waals surface area contributed by atoms with Gasteiger partial charge in [0.25, 0.3) is 0 Å². The van der Waals surface area contributed by atoms with Gasteiger partial charge in [0.15, 0.2) is 0 Å². The van der Waals surface area contributed by atoms with Crippen molar-refractivity contribution in [2.75, 3.05) is 0 Å². The second kappa shape index (κ2) is 9.41. The van der Waals surface area contributed by atoms with Gasteiger partial charge in [0, 0.05) is 12.4 Å². The number of hydrogen-bond acceptors (Lipinski definition) is 0. The quantitative estimate of drug-likeness (QED) is 0.560. The molecule has 1 aromatic heterocycles. The summed E-state index contributed by atoms with van der Waals surface area (Å²) in [7, 11) is 0. The first kappa shape index (κ1) is 16.6. The van der Waals surface area contributed by atoms with Crippen LogP contribution in [-0.4, -0.2) is 4.98 Å². The molecule has 1 heterocycles. The van der Waals surface area contributed by atoms with E-state index in [-0.39, 0.29) is 0 Å². The molecule has 110 valence electrons. The third-order valence-electron chi connectivity index (χ3n) is 3.47. The minimum Gasteiger partial charge on any atom is -0.367 e. The van der Waals surface area contributed by atoms with E-state index in [9.17, 15) is 0 Å². The fraction of sp³-hybridized carbons (Fsp3) is 0.474. The highest BCUT2D eigenvalue weighted by atomic mass is 14.6. The lowest BCUT2D eigenvalue weighted by atomic mass is 10.1. The van der Waals surface area contributed by atoms with E-state index in [4.69, 9.17) is 0 Å². The molecule has 0 aliphatic carbocycles. The van der Waals surface area contributed by atoms with E-state index >= 15 is 0 Å². The first-order chi connectivity index (χ1) is 9.58. The second-order valence-electron chi connectivity index (χ2n) is 5.88. The standard InChI is InChI=1S/C19H29N/c1-16(2)7-5-8-17(3)9-6-10-18(4)11-12-19-13-14-20-15-19/h7,9,11,13-15,20H,5-6,8,10,12H2,1-4H3/b17-9+,18-11+. The molecule has 0 spiro atoms. The van der Waals surface area contributed by atoms with E-state index in [1.807, 2.05) is 6.20 Å². The van der Waals surface area contributed by atoms with Gasteiger partial charge in [-0.25, -0.2) is 0 Å². The van der Waals surface area contributed by atoms with Crippen LogP contribution < -0.4 is 0 Å². The molecular weight excluding hydrogens is 242 g/mol. The van der Waals surface area contributed by atoms with Crippen molar-refractivity contribution in [3.63, 3.8) is 0 Å². The average Bonchev–Trinajstić information content (AvgIpc) is 2.89. The van der Waals surface area contributed by atoms with E-state index in [0.29, 0.717) is 0 Å². The van der Waals surface area contributed by atoms with Crippen molar-refractivity contribution in [3.05, 3.63) is 59.0 Å². The zero-order valence-electron chi connectivity index (χ0n) is 13.5. The molecule has 0 atom stereocenters. The van der Waals surface area contributed by atoms with E-state index in [0.717, 1.165) is 12.8 Å². The zero-order valence-corrected chi connectivity index (χ0v) is 13.5. The third kappa shape index (κ3) is 7.83. The van der Waals surface area contributed by atoms with Crippen LogP contribution in [0.2, 0.25) is 0 Å². The van der Waals surface area contributed by atoms with Crippen molar-refractivity contribution in [2.45, 2.75) is 59.8 Å². The van der Waals surface area contributed by atoms with Crippen molar-refractivity contribution in [1.82, 2.24) is 4.98 Å². The number of aromatic amines is 1. The van der Waals surface area contributed by atoms with Crippen LogP contribution in [0.25, 0.3) is 0 Å². The van der Waals surface area contributed by atoms with Gasteiger partial charge in [0.2, 0.25) is 0 Å². The van der Waals surface area contributed by atoms with Crippen molar-refractivity contribution >= 4 is 0 Å². The molecular formula is C19H29N. The van der Waals surface area contributed by atoms with E-state index in [1.54, 1.807) is 0 Å². The summed E-state index contributed by atoms with van der Waals surface area (Å²) in [5, 5.41) is 0. The van der Waals surface area contributed by atoms with Crippen molar-refractivity contribution in [3.8, 4) is 0 Å². The SMILES string of the molecule is CC(C)=CCC/C(C)=C/CC/C(C)=C/Cc1cc[nH]c1. The number of H-pyrrole nitrogens is 1. The Bertz CT molecular complexity index is 454. The highest BCUT2D eigenvalue weighted by Gasteiger charge is 1.93. The van der Waals surface area contributed by atoms with Crippen molar-refractivity contribution in [1.29, 1.82) is 0 Å². The van der Waals surface area contributed by atoms with E-state index in [1.165, 1.54) is 41.5 Å². The van der Waals surface area contributed by atoms with Gasteiger partial charge in [-0.1, -0.05) is 34.9 Å². The molecule has 0 bridgehead atoms. The van der Waals surface area contributed by atoms with Gasteiger partial charge in [-0.05, 0) is 71.4 Å². The lowest BCUT2D eigenvalue weighted by Crippen LogP contribution is -1.82. The molecule has 1 aromatic rings. The van der Waals surface area contributed by atoms with Gasteiger partial charge in [-0.2, -0.15) is 0 Å². The smallest absolute Gasteiger partial charge is 0.00405 e. The topological polar surface area (TPSA) is 15.8 Å². The molecule has 20 heavy (non-hydrogen) atoms. The van der Waals surface area contributed by atoms with Gasteiger partial charge >= 0.3 is 0 Å². The predicted molar refractivity (Wildman–Crippen MR) is 89.9 cm³/mol. The Morgan fingerprint density at radius 2 is 1.60 bits per heavy atom. The van der Waals surface area contributed by atoms with Gasteiger partial charge in [-0.3, -0.25) is 0 Å². The summed E-state index contributed by atoms with van der Waals surface area (Å²) in [5.74, 6) is 0. The molecule has 1 nitrogen and oxygen atoms in total. The normalized spacial score (nSPS) is 12.6. The molecule has 0 radical (unpaired) electrons. The first-order valence-corrected chi connectivity index (χ1v) is 7.64. The monoisotopic (exact) mass is 271 g/mol. The summed E-state index contributed by atoms with van der Waals surface area (Å²) < 4.78 is 0. The van der Waals surface area contributed by atoms with Crippen molar-refractivity contribution < 1.29 is 0 Å². The summed E-state index contributed by atoms with van der Waals surface area (Å²) in [6, 6.07) is 2.14. The minimum atomic E-state index is 1.04. The molecule has 0 amide bonds. The summed E-state index contributed by atoms with van der Waals surface area (Å²) in [5.41, 5.74) is 5.78. The maximum atomic E-state index is 3.10. The number of rotatable bonds is 8. The van der Waals surface area contributed by atoms with E-state index < -0.39 is 0 Å². The summed E-state index contributed by atoms with van der Waals surface area (Å²) >= 11 is 0. The number of hydrogen-bond donors (Lipinski definition) is 1. The van der Waals surface area contributed by atoms with Gasteiger partial charge < -0.3 is 4.98 Å². The van der Waals surface area contributed by atoms with Gasteiger partial charge in [-0.15, -0.1) is 0 Å². The lowest BCUT2D eigenvalue weighted by Gasteiger charge is -2.01. The second-order valence-corrected chi connectivity index (χ2v) is 5.88. The average molecular weight is 271 g/mol. The molecule has 1 N–H and O–H groups in total. The fourth-order valence-corrected chi connectivity index (χ4v) is 2.12. The van der Waals surface area contributed by atoms with Gasteiger partial charge in [0.05, 0.1) is 0 Å². The Kier molecular flexibility index (Phi) is 7.79. The number of allylic oxidation sites excluding steroid dienone is 6. The minimum absolute atomic E-state index is 1.04. The maximum absolute atomic E-state index is 3.10. The van der Waals surface area contributed by atoms with Crippen LogP contribution in [0.5, 0.6) is 0 Å². The molecule has 0 saturated heterocycles. The molecule has 0 unspecified atom stereocenters. The largest absolute Gasteiger partial charge is 0.367 e. The highest BCUT2D eigenvalue weighted by molar-refractivity contribution is 5.15. The molecule has 1 rings (SSSR count). The molecule has 0 fully saturated rings. The Morgan fingerprint density at radius 1 is 0.950 bits per heavy atom. The molecule has 0 aliphatic rings. The van der Waals surface area contributed by atoms with Gasteiger partial charge in [0.1, 0.15) is 0 Å². The fourth-order valence-electron chi connectivity index (χ4n) is 2.12. The lowest BCUT2D eigenvalue weighted by molar-refractivity contribution is 0.914. The Hall–Kier alpha value is -1.50. The zero-order chi connectivity index (χ0) is 14.8. The molecule has 0 saturated carbocycles. The third-order valence-corrected chi connectivity index (χ3v) is 3.47. The maximum Gasteiger partial charge on any atom is 0.00405 e.